The summed E-state index contributed by atoms with van der Waals surface area (Å²) in [4.78, 5) is 27.2. The maximum atomic E-state index is 13.3. The van der Waals surface area contributed by atoms with Crippen molar-refractivity contribution in [3.63, 3.8) is 0 Å². The molecule has 1 aliphatic rings. The highest BCUT2D eigenvalue weighted by Crippen LogP contribution is 2.32. The van der Waals surface area contributed by atoms with Gasteiger partial charge in [0.05, 0.1) is 23.7 Å². The van der Waals surface area contributed by atoms with Gasteiger partial charge >= 0.3 is 0 Å². The van der Waals surface area contributed by atoms with Crippen LogP contribution in [0.5, 0.6) is 0 Å². The number of anilines is 2. The van der Waals surface area contributed by atoms with E-state index in [0.29, 0.717) is 36.1 Å². The largest absolute Gasteiger partial charge is 0.383 e. The highest BCUT2D eigenvalue weighted by Gasteiger charge is 2.29. The molecule has 0 bridgehead atoms. The fraction of sp³-hybridized carbons (Fsp3) is 0.333. The third kappa shape index (κ3) is 5.43. The second-order valence-electron chi connectivity index (χ2n) is 7.88. The highest BCUT2D eigenvalue weighted by molar-refractivity contribution is 7.99. The van der Waals surface area contributed by atoms with Crippen molar-refractivity contribution in [3.8, 4) is 0 Å². The molecule has 2 heterocycles. The van der Waals surface area contributed by atoms with Gasteiger partial charge in [0.15, 0.2) is 5.16 Å². The van der Waals surface area contributed by atoms with Crippen molar-refractivity contribution >= 4 is 35.0 Å². The van der Waals surface area contributed by atoms with Gasteiger partial charge in [0.1, 0.15) is 5.82 Å². The summed E-state index contributed by atoms with van der Waals surface area (Å²) < 4.78 is 7.29. The van der Waals surface area contributed by atoms with Crippen LogP contribution < -0.4 is 10.2 Å². The Morgan fingerprint density at radius 1 is 1.15 bits per heavy atom. The number of aromatic nitrogens is 3. The van der Waals surface area contributed by atoms with Gasteiger partial charge in [0.25, 0.3) is 0 Å². The molecule has 2 amide bonds. The number of methoxy groups -OCH3 is 1. The summed E-state index contributed by atoms with van der Waals surface area (Å²) in [5.41, 5.74) is 2.51. The number of fused-ring (bicyclic) bond motifs is 1. The van der Waals surface area contributed by atoms with Crippen LogP contribution in [0.15, 0.2) is 59.8 Å². The molecule has 1 aliphatic heterocycles. The first-order chi connectivity index (χ1) is 16.1. The number of para-hydroxylation sites is 2. The number of hydrogen-bond donors (Lipinski definition) is 1. The molecule has 0 spiro atoms. The lowest BCUT2D eigenvalue weighted by molar-refractivity contribution is -0.117. The van der Waals surface area contributed by atoms with E-state index in [1.807, 2.05) is 54.0 Å². The summed E-state index contributed by atoms with van der Waals surface area (Å²) in [6.07, 6.45) is 0.896. The number of thioether (sulfide) groups is 1. The van der Waals surface area contributed by atoms with E-state index in [1.54, 1.807) is 12.0 Å². The zero-order chi connectivity index (χ0) is 23.2. The Balaban J connectivity index is 1.52. The molecule has 4 rings (SSSR count). The Hall–Kier alpha value is -3.17. The van der Waals surface area contributed by atoms with Crippen LogP contribution in [0.1, 0.15) is 24.7 Å². The predicted molar refractivity (Wildman–Crippen MR) is 129 cm³/mol. The topological polar surface area (TPSA) is 89.3 Å². The monoisotopic (exact) mass is 465 g/mol. The molecule has 0 aliphatic carbocycles. The van der Waals surface area contributed by atoms with Gasteiger partial charge in [0.2, 0.25) is 11.8 Å². The average Bonchev–Trinajstić information content (AvgIpc) is 3.12. The SMILES string of the molecule is COCCn1c(Cc2ccccc2)nnc1SCC(=O)N1c2ccccc2NC(=O)C[C@@H]1C. The van der Waals surface area contributed by atoms with Crippen molar-refractivity contribution in [1.82, 2.24) is 14.8 Å². The Bertz CT molecular complexity index is 1120. The summed E-state index contributed by atoms with van der Waals surface area (Å²) in [6.45, 7) is 3.01. The summed E-state index contributed by atoms with van der Waals surface area (Å²) in [7, 11) is 1.66. The van der Waals surface area contributed by atoms with Crippen molar-refractivity contribution in [2.45, 2.75) is 37.5 Å². The normalized spacial score (nSPS) is 15.6. The van der Waals surface area contributed by atoms with Crippen molar-refractivity contribution in [2.75, 3.05) is 29.7 Å². The molecule has 1 N–H and O–H groups in total. The number of hydrogen-bond acceptors (Lipinski definition) is 6. The van der Waals surface area contributed by atoms with E-state index < -0.39 is 0 Å². The van der Waals surface area contributed by atoms with Gasteiger partial charge in [-0.25, -0.2) is 0 Å². The smallest absolute Gasteiger partial charge is 0.237 e. The third-order valence-corrected chi connectivity index (χ3v) is 6.42. The second kappa shape index (κ2) is 10.6. The van der Waals surface area contributed by atoms with Crippen LogP contribution >= 0.6 is 11.8 Å². The van der Waals surface area contributed by atoms with E-state index in [1.165, 1.54) is 11.8 Å². The third-order valence-electron chi connectivity index (χ3n) is 5.47. The quantitative estimate of drug-likeness (QED) is 0.513. The van der Waals surface area contributed by atoms with E-state index in [-0.39, 0.29) is 30.0 Å². The fourth-order valence-corrected chi connectivity index (χ4v) is 4.75. The van der Waals surface area contributed by atoms with E-state index in [0.717, 1.165) is 11.4 Å². The molecule has 1 atom stereocenters. The van der Waals surface area contributed by atoms with Gasteiger partial charge in [-0.3, -0.25) is 9.59 Å². The van der Waals surface area contributed by atoms with Gasteiger partial charge in [-0.1, -0.05) is 54.2 Å². The number of ether oxygens (including phenoxy) is 1. The van der Waals surface area contributed by atoms with E-state index >= 15 is 0 Å². The van der Waals surface area contributed by atoms with E-state index in [9.17, 15) is 9.59 Å². The Kier molecular flexibility index (Phi) is 7.41. The van der Waals surface area contributed by atoms with Crippen molar-refractivity contribution < 1.29 is 14.3 Å². The Morgan fingerprint density at radius 3 is 2.70 bits per heavy atom. The minimum atomic E-state index is -0.248. The summed E-state index contributed by atoms with van der Waals surface area (Å²) >= 11 is 1.35. The first kappa shape index (κ1) is 23.0. The first-order valence-corrected chi connectivity index (χ1v) is 11.8. The van der Waals surface area contributed by atoms with Crippen LogP contribution in [0.2, 0.25) is 0 Å². The Morgan fingerprint density at radius 2 is 1.91 bits per heavy atom. The molecule has 3 aromatic rings. The van der Waals surface area contributed by atoms with Crippen molar-refractivity contribution in [2.24, 2.45) is 0 Å². The van der Waals surface area contributed by atoms with Crippen molar-refractivity contribution in [3.05, 3.63) is 66.0 Å². The van der Waals surface area contributed by atoms with Crippen LogP contribution in [0, 0.1) is 0 Å². The Labute approximate surface area is 197 Å². The average molecular weight is 466 g/mol. The number of nitrogens with zero attached hydrogens (tertiary/aromatic N) is 4. The van der Waals surface area contributed by atoms with Crippen LogP contribution in [-0.2, 0) is 27.3 Å². The zero-order valence-electron chi connectivity index (χ0n) is 18.7. The highest BCUT2D eigenvalue weighted by atomic mass is 32.2. The van der Waals surface area contributed by atoms with Gasteiger partial charge < -0.3 is 19.5 Å². The molecule has 0 saturated carbocycles. The molecule has 172 valence electrons. The van der Waals surface area contributed by atoms with Gasteiger partial charge in [-0.15, -0.1) is 10.2 Å². The number of rotatable bonds is 8. The van der Waals surface area contributed by atoms with E-state index in [2.05, 4.69) is 27.6 Å². The lowest BCUT2D eigenvalue weighted by Gasteiger charge is -2.27. The van der Waals surface area contributed by atoms with Crippen LogP contribution in [0.4, 0.5) is 11.4 Å². The zero-order valence-corrected chi connectivity index (χ0v) is 19.5. The summed E-state index contributed by atoms with van der Waals surface area (Å²) in [5.74, 6) is 0.838. The molecular weight excluding hydrogens is 438 g/mol. The number of nitrogens with one attached hydrogen (secondary N) is 1. The molecule has 0 radical (unpaired) electrons. The molecule has 8 nitrogen and oxygen atoms in total. The molecule has 0 fully saturated rings. The maximum absolute atomic E-state index is 13.3. The number of amides is 2. The minimum absolute atomic E-state index is 0.0812. The first-order valence-electron chi connectivity index (χ1n) is 10.9. The van der Waals surface area contributed by atoms with Gasteiger partial charge in [-0.2, -0.15) is 0 Å². The van der Waals surface area contributed by atoms with Gasteiger partial charge in [-0.05, 0) is 24.6 Å². The lowest BCUT2D eigenvalue weighted by Crippen LogP contribution is -2.40. The molecule has 0 saturated heterocycles. The summed E-state index contributed by atoms with van der Waals surface area (Å²) in [6, 6.07) is 17.2. The predicted octanol–water partition coefficient (Wildman–Crippen LogP) is 3.37. The molecule has 1 aromatic heterocycles. The number of benzene rings is 2. The van der Waals surface area contributed by atoms with Gasteiger partial charge in [0, 0.05) is 32.5 Å². The lowest BCUT2D eigenvalue weighted by atomic mass is 10.1. The standard InChI is InChI=1S/C24H27N5O3S/c1-17-14-22(30)25-19-10-6-7-11-20(19)29(17)23(31)16-33-24-27-26-21(28(24)12-13-32-2)15-18-8-4-3-5-9-18/h3-11,17H,12-16H2,1-2H3,(H,25,30)/t17-/m0/s1. The number of carbonyl (C=O) groups is 2. The van der Waals surface area contributed by atoms with E-state index in [4.69, 9.17) is 4.74 Å². The second-order valence-corrected chi connectivity index (χ2v) is 8.82. The number of carbonyl (C=O) groups excluding carboxylic acids is 2. The summed E-state index contributed by atoms with van der Waals surface area (Å²) in [5, 5.41) is 12.3. The van der Waals surface area contributed by atoms with Crippen LogP contribution in [-0.4, -0.2) is 52.1 Å². The fourth-order valence-electron chi connectivity index (χ4n) is 3.91. The molecule has 33 heavy (non-hydrogen) atoms. The van der Waals surface area contributed by atoms with Crippen LogP contribution in [0.3, 0.4) is 0 Å². The van der Waals surface area contributed by atoms with Crippen LogP contribution in [0.25, 0.3) is 0 Å². The molecule has 2 aromatic carbocycles. The molecular formula is C24H27N5O3S. The molecule has 9 heteroatoms. The molecule has 0 unspecified atom stereocenters. The maximum Gasteiger partial charge on any atom is 0.237 e. The van der Waals surface area contributed by atoms with Crippen molar-refractivity contribution in [1.29, 1.82) is 0 Å². The minimum Gasteiger partial charge on any atom is -0.383 e.